The second kappa shape index (κ2) is 10.0. The number of carbonyl (C=O) groups excluding carboxylic acids is 3. The SMILES string of the molecule is O=C1CCC(N2Cc3cc(C4CCN(Cc5ccc6nc(-c7ccccc7)cn6c5)CC4)ccc3C2=O)C(=O)N1. The molecule has 3 aliphatic rings. The third-order valence-electron chi connectivity index (χ3n) is 8.59. The minimum absolute atomic E-state index is 0.114. The van der Waals surface area contributed by atoms with E-state index < -0.39 is 6.04 Å². The average molecular weight is 534 g/mol. The first-order chi connectivity index (χ1) is 19.5. The van der Waals surface area contributed by atoms with Crippen LogP contribution < -0.4 is 5.32 Å². The van der Waals surface area contributed by atoms with Crippen molar-refractivity contribution in [2.24, 2.45) is 0 Å². The van der Waals surface area contributed by atoms with Gasteiger partial charge in [0, 0.05) is 43.0 Å². The Bertz CT molecular complexity index is 1620. The molecule has 2 fully saturated rings. The van der Waals surface area contributed by atoms with Crippen molar-refractivity contribution >= 4 is 23.4 Å². The minimum Gasteiger partial charge on any atom is -0.322 e. The van der Waals surface area contributed by atoms with Crippen LogP contribution in [-0.2, 0) is 22.7 Å². The van der Waals surface area contributed by atoms with Gasteiger partial charge in [0.2, 0.25) is 11.8 Å². The van der Waals surface area contributed by atoms with Crippen LogP contribution in [0.5, 0.6) is 0 Å². The third-order valence-corrected chi connectivity index (χ3v) is 8.59. The summed E-state index contributed by atoms with van der Waals surface area (Å²) in [7, 11) is 0. The predicted molar refractivity (Wildman–Crippen MR) is 150 cm³/mol. The molecule has 3 amide bonds. The van der Waals surface area contributed by atoms with Gasteiger partial charge in [0.15, 0.2) is 0 Å². The molecule has 8 nitrogen and oxygen atoms in total. The molecule has 0 saturated carbocycles. The highest BCUT2D eigenvalue weighted by Gasteiger charge is 2.39. The summed E-state index contributed by atoms with van der Waals surface area (Å²) in [6.45, 7) is 3.36. The number of fused-ring (bicyclic) bond motifs is 2. The van der Waals surface area contributed by atoms with Crippen LogP contribution in [0.4, 0.5) is 0 Å². The van der Waals surface area contributed by atoms with Gasteiger partial charge in [-0.25, -0.2) is 4.98 Å². The minimum atomic E-state index is -0.573. The largest absolute Gasteiger partial charge is 0.322 e. The number of hydrogen-bond acceptors (Lipinski definition) is 5. The number of pyridine rings is 1. The fourth-order valence-electron chi connectivity index (χ4n) is 6.41. The number of benzene rings is 2. The number of amides is 3. The van der Waals surface area contributed by atoms with Gasteiger partial charge in [-0.05, 0) is 67.1 Å². The molecule has 3 aliphatic heterocycles. The van der Waals surface area contributed by atoms with Crippen LogP contribution in [0.3, 0.4) is 0 Å². The summed E-state index contributed by atoms with van der Waals surface area (Å²) in [6.07, 6.45) is 7.07. The van der Waals surface area contributed by atoms with Crippen LogP contribution in [0.25, 0.3) is 16.9 Å². The smallest absolute Gasteiger partial charge is 0.255 e. The summed E-state index contributed by atoms with van der Waals surface area (Å²) in [5, 5.41) is 2.37. The van der Waals surface area contributed by atoms with Crippen molar-refractivity contribution in [1.82, 2.24) is 24.5 Å². The molecule has 1 N–H and O–H groups in total. The maximum absolute atomic E-state index is 13.0. The maximum Gasteiger partial charge on any atom is 0.255 e. The first-order valence-electron chi connectivity index (χ1n) is 14.0. The van der Waals surface area contributed by atoms with Crippen molar-refractivity contribution in [3.05, 3.63) is 95.3 Å². The molecule has 0 radical (unpaired) electrons. The zero-order valence-electron chi connectivity index (χ0n) is 22.3. The Morgan fingerprint density at radius 3 is 2.52 bits per heavy atom. The van der Waals surface area contributed by atoms with E-state index in [1.807, 2.05) is 24.3 Å². The van der Waals surface area contributed by atoms with Gasteiger partial charge in [-0.2, -0.15) is 0 Å². The summed E-state index contributed by atoms with van der Waals surface area (Å²) < 4.78 is 2.12. The molecule has 5 heterocycles. The molecule has 2 aromatic carbocycles. The lowest BCUT2D eigenvalue weighted by atomic mass is 9.88. The van der Waals surface area contributed by atoms with Crippen LogP contribution in [-0.4, -0.2) is 56.0 Å². The van der Waals surface area contributed by atoms with Crippen LogP contribution in [0.15, 0.2) is 73.1 Å². The van der Waals surface area contributed by atoms with Gasteiger partial charge in [-0.1, -0.05) is 48.5 Å². The molecular formula is C32H31N5O3. The Balaban J connectivity index is 0.986. The monoisotopic (exact) mass is 533 g/mol. The molecule has 0 aliphatic carbocycles. The van der Waals surface area contributed by atoms with Crippen molar-refractivity contribution in [3.8, 4) is 11.3 Å². The molecule has 1 unspecified atom stereocenters. The summed E-state index contributed by atoms with van der Waals surface area (Å²) in [4.78, 5) is 45.8. The lowest BCUT2D eigenvalue weighted by Gasteiger charge is -2.32. The Labute approximate surface area is 232 Å². The second-order valence-electron chi connectivity index (χ2n) is 11.2. The predicted octanol–water partition coefficient (Wildman–Crippen LogP) is 4.14. The first-order valence-corrected chi connectivity index (χ1v) is 14.0. The zero-order valence-corrected chi connectivity index (χ0v) is 22.3. The van der Waals surface area contributed by atoms with Gasteiger partial charge < -0.3 is 9.30 Å². The number of aromatic nitrogens is 2. The zero-order chi connectivity index (χ0) is 27.2. The quantitative estimate of drug-likeness (QED) is 0.390. The van der Waals surface area contributed by atoms with Crippen molar-refractivity contribution in [2.45, 2.75) is 50.7 Å². The lowest BCUT2D eigenvalue weighted by Crippen LogP contribution is -2.52. The van der Waals surface area contributed by atoms with Gasteiger partial charge in [0.05, 0.1) is 5.69 Å². The number of imidazole rings is 1. The van der Waals surface area contributed by atoms with Crippen molar-refractivity contribution in [1.29, 1.82) is 0 Å². The number of likely N-dealkylation sites (tertiary alicyclic amines) is 1. The van der Waals surface area contributed by atoms with E-state index in [9.17, 15) is 14.4 Å². The highest BCUT2D eigenvalue weighted by atomic mass is 16.2. The van der Waals surface area contributed by atoms with E-state index in [0.717, 1.165) is 54.9 Å². The fraction of sp³-hybridized carbons (Fsp3) is 0.312. The topological polar surface area (TPSA) is 87.0 Å². The van der Waals surface area contributed by atoms with Crippen LogP contribution in [0, 0.1) is 0 Å². The van der Waals surface area contributed by atoms with Gasteiger partial charge in [0.25, 0.3) is 5.91 Å². The molecule has 4 aromatic rings. The molecular weight excluding hydrogens is 502 g/mol. The van der Waals surface area contributed by atoms with Crippen molar-refractivity contribution < 1.29 is 14.4 Å². The number of piperidine rings is 2. The molecule has 202 valence electrons. The van der Waals surface area contributed by atoms with Gasteiger partial charge in [-0.15, -0.1) is 0 Å². The Morgan fingerprint density at radius 1 is 0.900 bits per heavy atom. The van der Waals surface area contributed by atoms with E-state index in [-0.39, 0.29) is 24.1 Å². The number of nitrogens with zero attached hydrogens (tertiary/aromatic N) is 4. The van der Waals surface area contributed by atoms with Crippen LogP contribution >= 0.6 is 0 Å². The number of rotatable bonds is 5. The summed E-state index contributed by atoms with van der Waals surface area (Å²) in [6, 6.07) is 20.1. The van der Waals surface area contributed by atoms with Crippen LogP contribution in [0.1, 0.15) is 58.6 Å². The van der Waals surface area contributed by atoms with Crippen LogP contribution in [0.2, 0.25) is 0 Å². The van der Waals surface area contributed by atoms with E-state index in [0.29, 0.717) is 24.4 Å². The summed E-state index contributed by atoms with van der Waals surface area (Å²) >= 11 is 0. The first kappa shape index (κ1) is 24.7. The molecule has 8 heteroatoms. The van der Waals surface area contributed by atoms with Gasteiger partial charge in [-0.3, -0.25) is 24.6 Å². The standard InChI is InChI=1S/C32H31N5O3/c38-30-11-9-28(31(39)34-30)37-19-25-16-24(7-8-26(25)32(37)40)22-12-14-35(15-13-22)17-21-6-10-29-33-27(20-36(29)18-21)23-4-2-1-3-5-23/h1-8,10,16,18,20,22,28H,9,11-15,17,19H2,(H,34,38,39). The summed E-state index contributed by atoms with van der Waals surface area (Å²) in [5.41, 5.74) is 7.25. The average Bonchev–Trinajstić information content (AvgIpc) is 3.54. The Morgan fingerprint density at radius 2 is 1.73 bits per heavy atom. The molecule has 2 aromatic heterocycles. The maximum atomic E-state index is 13.0. The molecule has 0 bridgehead atoms. The Kier molecular flexibility index (Phi) is 6.20. The number of imide groups is 1. The molecule has 40 heavy (non-hydrogen) atoms. The van der Waals surface area contributed by atoms with E-state index >= 15 is 0 Å². The second-order valence-corrected chi connectivity index (χ2v) is 11.2. The van der Waals surface area contributed by atoms with E-state index in [2.05, 4.69) is 63.4 Å². The lowest BCUT2D eigenvalue weighted by molar-refractivity contribution is -0.136. The van der Waals surface area contributed by atoms with Crippen molar-refractivity contribution in [3.63, 3.8) is 0 Å². The number of nitrogens with one attached hydrogen (secondary N) is 1. The Hall–Kier alpha value is -4.30. The highest BCUT2D eigenvalue weighted by Crippen LogP contribution is 2.34. The number of hydrogen-bond donors (Lipinski definition) is 1. The molecule has 0 spiro atoms. The van der Waals surface area contributed by atoms with Gasteiger partial charge >= 0.3 is 0 Å². The molecule has 1 atom stereocenters. The van der Waals surface area contributed by atoms with E-state index in [1.165, 1.54) is 11.1 Å². The number of carbonyl (C=O) groups is 3. The van der Waals surface area contributed by atoms with Gasteiger partial charge in [0.1, 0.15) is 11.7 Å². The molecule has 2 saturated heterocycles. The fourth-order valence-corrected chi connectivity index (χ4v) is 6.41. The van der Waals surface area contributed by atoms with Crippen molar-refractivity contribution in [2.75, 3.05) is 13.1 Å². The molecule has 7 rings (SSSR count). The normalized spacial score (nSPS) is 20.2. The van der Waals surface area contributed by atoms with E-state index in [4.69, 9.17) is 4.98 Å². The van der Waals surface area contributed by atoms with E-state index in [1.54, 1.807) is 4.90 Å². The highest BCUT2D eigenvalue weighted by molar-refractivity contribution is 6.05. The third kappa shape index (κ3) is 4.58. The summed E-state index contributed by atoms with van der Waals surface area (Å²) in [5.74, 6) is -0.296.